The van der Waals surface area contributed by atoms with Crippen LogP contribution in [0.15, 0.2) is 23.3 Å². The van der Waals surface area contributed by atoms with Crippen LogP contribution in [-0.2, 0) is 6.54 Å². The Labute approximate surface area is 153 Å². The molecule has 140 valence electrons. The number of rotatable bonds is 9. The highest BCUT2D eigenvalue weighted by atomic mass is 15.2. The molecular formula is C20H35N5. The van der Waals surface area contributed by atoms with Crippen LogP contribution >= 0.6 is 0 Å². The second-order valence-corrected chi connectivity index (χ2v) is 6.96. The predicted octanol–water partition coefficient (Wildman–Crippen LogP) is 3.71. The van der Waals surface area contributed by atoms with E-state index in [9.17, 15) is 0 Å². The molecular weight excluding hydrogens is 310 g/mol. The van der Waals surface area contributed by atoms with Crippen LogP contribution in [-0.4, -0.2) is 36.6 Å². The van der Waals surface area contributed by atoms with Gasteiger partial charge in [0.2, 0.25) is 0 Å². The lowest BCUT2D eigenvalue weighted by atomic mass is 10.1. The fraction of sp³-hybridized carbons (Fsp3) is 0.700. The third-order valence-corrected chi connectivity index (χ3v) is 4.63. The largest absolute Gasteiger partial charge is 0.357 e. The Morgan fingerprint density at radius 2 is 2.04 bits per heavy atom. The maximum Gasteiger partial charge on any atom is 0.191 e. The standard InChI is InChI=1S/C20H35N5/c1-4-6-7-10-17(3)24-20(21-5-2)23-16-18-11-12-19(22-15-18)25-13-8-9-14-25/h11-12,15,17H,4-10,13-14,16H2,1-3H3,(H2,21,23,24). The molecule has 0 aromatic carbocycles. The minimum Gasteiger partial charge on any atom is -0.357 e. The van der Waals surface area contributed by atoms with Crippen LogP contribution in [0.1, 0.15) is 64.9 Å². The summed E-state index contributed by atoms with van der Waals surface area (Å²) >= 11 is 0. The van der Waals surface area contributed by atoms with Crippen molar-refractivity contribution in [2.24, 2.45) is 4.99 Å². The summed E-state index contributed by atoms with van der Waals surface area (Å²) in [5, 5.41) is 6.85. The molecule has 0 bridgehead atoms. The van der Waals surface area contributed by atoms with Crippen LogP contribution in [0.3, 0.4) is 0 Å². The summed E-state index contributed by atoms with van der Waals surface area (Å²) in [4.78, 5) is 11.7. The average Bonchev–Trinajstić information content (AvgIpc) is 3.15. The molecule has 25 heavy (non-hydrogen) atoms. The number of hydrogen-bond acceptors (Lipinski definition) is 3. The van der Waals surface area contributed by atoms with Crippen molar-refractivity contribution >= 4 is 11.8 Å². The SMILES string of the molecule is CCCCCC(C)NC(=NCc1ccc(N2CCCC2)nc1)NCC. The first-order valence-electron chi connectivity index (χ1n) is 9.97. The van der Waals surface area contributed by atoms with Crippen molar-refractivity contribution in [2.75, 3.05) is 24.5 Å². The first-order chi connectivity index (χ1) is 12.2. The third-order valence-electron chi connectivity index (χ3n) is 4.63. The van der Waals surface area contributed by atoms with Crippen molar-refractivity contribution in [2.45, 2.75) is 71.9 Å². The van der Waals surface area contributed by atoms with Crippen molar-refractivity contribution in [1.82, 2.24) is 15.6 Å². The van der Waals surface area contributed by atoms with E-state index in [-0.39, 0.29) is 0 Å². The molecule has 1 aromatic heterocycles. The Morgan fingerprint density at radius 1 is 1.24 bits per heavy atom. The number of guanidine groups is 1. The Hall–Kier alpha value is -1.78. The van der Waals surface area contributed by atoms with Gasteiger partial charge in [-0.3, -0.25) is 0 Å². The summed E-state index contributed by atoms with van der Waals surface area (Å²) in [5.41, 5.74) is 1.15. The maximum absolute atomic E-state index is 4.72. The number of unbranched alkanes of at least 4 members (excludes halogenated alkanes) is 2. The molecule has 5 nitrogen and oxygen atoms in total. The molecule has 0 saturated carbocycles. The maximum atomic E-state index is 4.72. The molecule has 1 aliphatic heterocycles. The van der Waals surface area contributed by atoms with Crippen LogP contribution in [0, 0.1) is 0 Å². The highest BCUT2D eigenvalue weighted by molar-refractivity contribution is 5.80. The van der Waals surface area contributed by atoms with Gasteiger partial charge in [0.05, 0.1) is 6.54 Å². The highest BCUT2D eigenvalue weighted by Gasteiger charge is 2.13. The van der Waals surface area contributed by atoms with E-state index in [1.165, 1.54) is 38.5 Å². The van der Waals surface area contributed by atoms with E-state index in [0.717, 1.165) is 37.0 Å². The van der Waals surface area contributed by atoms with Crippen molar-refractivity contribution in [3.05, 3.63) is 23.9 Å². The lowest BCUT2D eigenvalue weighted by Gasteiger charge is -2.18. The molecule has 0 radical (unpaired) electrons. The van der Waals surface area contributed by atoms with E-state index in [0.29, 0.717) is 12.6 Å². The lowest BCUT2D eigenvalue weighted by Crippen LogP contribution is -2.42. The summed E-state index contributed by atoms with van der Waals surface area (Å²) in [6.07, 6.45) is 9.54. The Morgan fingerprint density at radius 3 is 2.68 bits per heavy atom. The normalized spacial score (nSPS) is 16.1. The molecule has 2 heterocycles. The van der Waals surface area contributed by atoms with Gasteiger partial charge in [-0.2, -0.15) is 0 Å². The Kier molecular flexibility index (Phi) is 8.56. The summed E-state index contributed by atoms with van der Waals surface area (Å²) in [6.45, 7) is 10.4. The van der Waals surface area contributed by atoms with Gasteiger partial charge < -0.3 is 15.5 Å². The molecule has 2 N–H and O–H groups in total. The van der Waals surface area contributed by atoms with Crippen molar-refractivity contribution < 1.29 is 0 Å². The van der Waals surface area contributed by atoms with Crippen LogP contribution < -0.4 is 15.5 Å². The number of aliphatic imine (C=N–C) groups is 1. The first-order valence-corrected chi connectivity index (χ1v) is 9.97. The molecule has 1 saturated heterocycles. The van der Waals surface area contributed by atoms with Crippen molar-refractivity contribution in [3.8, 4) is 0 Å². The second kappa shape index (κ2) is 11.0. The van der Waals surface area contributed by atoms with E-state index in [2.05, 4.69) is 53.4 Å². The van der Waals surface area contributed by atoms with Gasteiger partial charge in [-0.1, -0.05) is 32.3 Å². The van der Waals surface area contributed by atoms with E-state index in [4.69, 9.17) is 4.99 Å². The minimum atomic E-state index is 0.444. The number of nitrogens with one attached hydrogen (secondary N) is 2. The number of aromatic nitrogens is 1. The molecule has 1 aliphatic rings. The van der Waals surface area contributed by atoms with Crippen LogP contribution in [0.25, 0.3) is 0 Å². The van der Waals surface area contributed by atoms with Gasteiger partial charge in [-0.15, -0.1) is 0 Å². The van der Waals surface area contributed by atoms with Gasteiger partial charge in [-0.25, -0.2) is 9.98 Å². The van der Waals surface area contributed by atoms with E-state index < -0.39 is 0 Å². The molecule has 1 aromatic rings. The number of hydrogen-bond donors (Lipinski definition) is 2. The quantitative estimate of drug-likeness (QED) is 0.407. The highest BCUT2D eigenvalue weighted by Crippen LogP contribution is 2.17. The van der Waals surface area contributed by atoms with E-state index in [1.807, 2.05) is 6.20 Å². The van der Waals surface area contributed by atoms with Crippen molar-refractivity contribution in [3.63, 3.8) is 0 Å². The second-order valence-electron chi connectivity index (χ2n) is 6.96. The smallest absolute Gasteiger partial charge is 0.191 e. The van der Waals surface area contributed by atoms with E-state index in [1.54, 1.807) is 0 Å². The monoisotopic (exact) mass is 345 g/mol. The number of pyridine rings is 1. The Balaban J connectivity index is 1.86. The number of anilines is 1. The molecule has 1 fully saturated rings. The van der Waals surface area contributed by atoms with Gasteiger partial charge >= 0.3 is 0 Å². The summed E-state index contributed by atoms with van der Waals surface area (Å²) in [6, 6.07) is 4.72. The van der Waals surface area contributed by atoms with Crippen LogP contribution in [0.4, 0.5) is 5.82 Å². The van der Waals surface area contributed by atoms with Gasteiger partial charge in [0.15, 0.2) is 5.96 Å². The van der Waals surface area contributed by atoms with E-state index >= 15 is 0 Å². The predicted molar refractivity (Wildman–Crippen MR) is 107 cm³/mol. The zero-order chi connectivity index (χ0) is 17.9. The van der Waals surface area contributed by atoms with Gasteiger partial charge in [0, 0.05) is 31.9 Å². The van der Waals surface area contributed by atoms with Crippen molar-refractivity contribution in [1.29, 1.82) is 0 Å². The van der Waals surface area contributed by atoms with Gasteiger partial charge in [0.25, 0.3) is 0 Å². The zero-order valence-corrected chi connectivity index (χ0v) is 16.2. The molecule has 0 spiro atoms. The van der Waals surface area contributed by atoms with Crippen LogP contribution in [0.2, 0.25) is 0 Å². The molecule has 1 atom stereocenters. The summed E-state index contributed by atoms with van der Waals surface area (Å²) < 4.78 is 0. The lowest BCUT2D eigenvalue weighted by molar-refractivity contribution is 0.547. The fourth-order valence-corrected chi connectivity index (χ4v) is 3.14. The molecule has 5 heteroatoms. The van der Waals surface area contributed by atoms with Gasteiger partial charge in [-0.05, 0) is 44.7 Å². The molecule has 2 rings (SSSR count). The fourth-order valence-electron chi connectivity index (χ4n) is 3.14. The zero-order valence-electron chi connectivity index (χ0n) is 16.2. The number of nitrogens with zero attached hydrogens (tertiary/aromatic N) is 3. The molecule has 0 aliphatic carbocycles. The average molecular weight is 346 g/mol. The third kappa shape index (κ3) is 6.92. The Bertz CT molecular complexity index is 505. The molecule has 1 unspecified atom stereocenters. The summed E-state index contributed by atoms with van der Waals surface area (Å²) in [7, 11) is 0. The molecule has 0 amide bonds. The van der Waals surface area contributed by atoms with Gasteiger partial charge in [0.1, 0.15) is 5.82 Å². The topological polar surface area (TPSA) is 52.6 Å². The summed E-state index contributed by atoms with van der Waals surface area (Å²) in [5.74, 6) is 2.00. The minimum absolute atomic E-state index is 0.444. The first kappa shape index (κ1) is 19.5. The van der Waals surface area contributed by atoms with Crippen LogP contribution in [0.5, 0.6) is 0 Å².